The van der Waals surface area contributed by atoms with Gasteiger partial charge in [-0.3, -0.25) is 4.79 Å². The molecule has 0 radical (unpaired) electrons. The number of Topliss-reactive ketones (excluding diaryl/α,β-unsaturated/α-hetero) is 1. The predicted octanol–water partition coefficient (Wildman–Crippen LogP) is 4.10. The number of carbonyl (C=O) groups is 1. The summed E-state index contributed by atoms with van der Waals surface area (Å²) in [5, 5.41) is 0. The van der Waals surface area contributed by atoms with Crippen molar-refractivity contribution in [2.75, 3.05) is 0 Å². The lowest BCUT2D eigenvalue weighted by Crippen LogP contribution is -1.91. The number of hydrogen-bond acceptors (Lipinski definition) is 1. The smallest absolute Gasteiger partial charge is 0.206 e. The van der Waals surface area contributed by atoms with Gasteiger partial charge >= 0.3 is 0 Å². The van der Waals surface area contributed by atoms with Gasteiger partial charge in [0.15, 0.2) is 0 Å². The molecular formula is C19H16O. The first-order valence-electron chi connectivity index (χ1n) is 6.66. The van der Waals surface area contributed by atoms with Crippen LogP contribution in [0.3, 0.4) is 0 Å². The number of hydrogen-bond donors (Lipinski definition) is 0. The molecule has 0 atom stereocenters. The second kappa shape index (κ2) is 7.76. The zero-order chi connectivity index (χ0) is 14.0. The molecule has 2 rings (SSSR count). The molecule has 20 heavy (non-hydrogen) atoms. The lowest BCUT2D eigenvalue weighted by molar-refractivity contribution is -0.113. The zero-order valence-electron chi connectivity index (χ0n) is 11.3. The van der Waals surface area contributed by atoms with Crippen molar-refractivity contribution in [3.8, 4) is 11.8 Å². The molecule has 2 aromatic carbocycles. The van der Waals surface area contributed by atoms with E-state index in [1.807, 2.05) is 72.8 Å². The summed E-state index contributed by atoms with van der Waals surface area (Å²) in [6, 6.07) is 19.6. The third-order valence-corrected chi connectivity index (χ3v) is 2.77. The molecule has 0 N–H and O–H groups in total. The fourth-order valence-corrected chi connectivity index (χ4v) is 1.72. The van der Waals surface area contributed by atoms with Crippen LogP contribution < -0.4 is 0 Å². The Morgan fingerprint density at radius 2 is 1.60 bits per heavy atom. The van der Waals surface area contributed by atoms with Crippen molar-refractivity contribution in [2.45, 2.75) is 12.8 Å². The number of benzene rings is 2. The van der Waals surface area contributed by atoms with Gasteiger partial charge in [0.25, 0.3) is 0 Å². The van der Waals surface area contributed by atoms with E-state index in [2.05, 4.69) is 11.8 Å². The lowest BCUT2D eigenvalue weighted by Gasteiger charge is -1.91. The fourth-order valence-electron chi connectivity index (χ4n) is 1.72. The summed E-state index contributed by atoms with van der Waals surface area (Å²) >= 11 is 0. The van der Waals surface area contributed by atoms with Crippen molar-refractivity contribution >= 4 is 11.9 Å². The van der Waals surface area contributed by atoms with Gasteiger partial charge in [0.1, 0.15) is 0 Å². The van der Waals surface area contributed by atoms with E-state index in [9.17, 15) is 4.79 Å². The molecule has 0 amide bonds. The normalized spacial score (nSPS) is 10.0. The van der Waals surface area contributed by atoms with Crippen LogP contribution in [0.15, 0.2) is 66.7 Å². The Hall–Kier alpha value is -2.59. The number of rotatable bonds is 4. The van der Waals surface area contributed by atoms with E-state index >= 15 is 0 Å². The van der Waals surface area contributed by atoms with Crippen molar-refractivity contribution in [1.82, 2.24) is 0 Å². The van der Waals surface area contributed by atoms with Crippen LogP contribution in [0.1, 0.15) is 24.0 Å². The van der Waals surface area contributed by atoms with Gasteiger partial charge in [-0.05, 0) is 30.0 Å². The van der Waals surface area contributed by atoms with Crippen molar-refractivity contribution in [1.29, 1.82) is 0 Å². The van der Waals surface area contributed by atoms with Crippen LogP contribution in [-0.4, -0.2) is 5.78 Å². The third-order valence-electron chi connectivity index (χ3n) is 2.77. The minimum absolute atomic E-state index is 0.0217. The molecule has 0 saturated heterocycles. The topological polar surface area (TPSA) is 17.1 Å². The van der Waals surface area contributed by atoms with Gasteiger partial charge in [-0.2, -0.15) is 0 Å². The van der Waals surface area contributed by atoms with Gasteiger partial charge in [-0.25, -0.2) is 0 Å². The Labute approximate surface area is 120 Å². The van der Waals surface area contributed by atoms with Crippen LogP contribution in [0.2, 0.25) is 0 Å². The quantitative estimate of drug-likeness (QED) is 0.756. The molecule has 0 aromatic heterocycles. The minimum Gasteiger partial charge on any atom is -0.285 e. The van der Waals surface area contributed by atoms with Crippen molar-refractivity contribution in [2.24, 2.45) is 0 Å². The highest BCUT2D eigenvalue weighted by molar-refractivity contribution is 5.96. The van der Waals surface area contributed by atoms with E-state index in [1.54, 1.807) is 0 Å². The second-order valence-electron chi connectivity index (χ2n) is 4.39. The molecule has 2 aromatic rings. The van der Waals surface area contributed by atoms with E-state index in [0.717, 1.165) is 17.5 Å². The molecule has 1 heteroatoms. The standard InChI is InChI=1S/C19H16O/c20-19(16-15-18-11-5-2-6-12-18)14-8-7-13-17-9-3-1-4-10-17/h1-7,9-13H,8,14H2/b13-7+. The summed E-state index contributed by atoms with van der Waals surface area (Å²) < 4.78 is 0. The van der Waals surface area contributed by atoms with Crippen molar-refractivity contribution in [3.05, 3.63) is 77.9 Å². The molecule has 0 unspecified atom stereocenters. The van der Waals surface area contributed by atoms with Gasteiger partial charge in [0.2, 0.25) is 5.78 Å². The zero-order valence-corrected chi connectivity index (χ0v) is 11.3. The van der Waals surface area contributed by atoms with E-state index in [-0.39, 0.29) is 5.78 Å². The number of allylic oxidation sites excluding steroid dienone is 1. The van der Waals surface area contributed by atoms with Crippen LogP contribution in [-0.2, 0) is 4.79 Å². The predicted molar refractivity (Wildman–Crippen MR) is 83.0 cm³/mol. The first kappa shape index (κ1) is 13.8. The first-order valence-corrected chi connectivity index (χ1v) is 6.66. The number of carbonyl (C=O) groups excluding carboxylic acids is 1. The summed E-state index contributed by atoms with van der Waals surface area (Å²) in [7, 11) is 0. The molecule has 0 heterocycles. The minimum atomic E-state index is -0.0217. The van der Waals surface area contributed by atoms with E-state index in [1.165, 1.54) is 0 Å². The van der Waals surface area contributed by atoms with Crippen molar-refractivity contribution < 1.29 is 4.79 Å². The molecule has 0 aliphatic rings. The van der Waals surface area contributed by atoms with E-state index < -0.39 is 0 Å². The van der Waals surface area contributed by atoms with E-state index in [4.69, 9.17) is 0 Å². The average Bonchev–Trinajstić information content (AvgIpc) is 2.52. The van der Waals surface area contributed by atoms with Crippen LogP contribution in [0.4, 0.5) is 0 Å². The first-order chi connectivity index (χ1) is 9.84. The highest BCUT2D eigenvalue weighted by atomic mass is 16.1. The van der Waals surface area contributed by atoms with Crippen LogP contribution in [0, 0.1) is 11.8 Å². The maximum Gasteiger partial charge on any atom is 0.206 e. The van der Waals surface area contributed by atoms with Gasteiger partial charge < -0.3 is 0 Å². The largest absolute Gasteiger partial charge is 0.285 e. The summed E-state index contributed by atoms with van der Waals surface area (Å²) in [5.41, 5.74) is 2.02. The Morgan fingerprint density at radius 1 is 0.950 bits per heavy atom. The Balaban J connectivity index is 1.79. The molecule has 0 saturated carbocycles. The molecular weight excluding hydrogens is 244 g/mol. The van der Waals surface area contributed by atoms with Gasteiger partial charge in [-0.1, -0.05) is 66.6 Å². The molecule has 0 bridgehead atoms. The molecule has 0 aliphatic carbocycles. The Bertz CT molecular complexity index is 628. The second-order valence-corrected chi connectivity index (χ2v) is 4.39. The van der Waals surface area contributed by atoms with E-state index in [0.29, 0.717) is 6.42 Å². The monoisotopic (exact) mass is 260 g/mol. The SMILES string of the molecule is O=C(C#Cc1ccccc1)CC/C=C/c1ccccc1. The fraction of sp³-hybridized carbons (Fsp3) is 0.105. The van der Waals surface area contributed by atoms with Gasteiger partial charge in [0.05, 0.1) is 0 Å². The van der Waals surface area contributed by atoms with Gasteiger partial charge in [0, 0.05) is 12.0 Å². The van der Waals surface area contributed by atoms with Crippen molar-refractivity contribution in [3.63, 3.8) is 0 Å². The molecule has 98 valence electrons. The number of ketones is 1. The summed E-state index contributed by atoms with van der Waals surface area (Å²) in [6.07, 6.45) is 5.22. The summed E-state index contributed by atoms with van der Waals surface area (Å²) in [5.74, 6) is 5.53. The van der Waals surface area contributed by atoms with Crippen LogP contribution in [0.5, 0.6) is 0 Å². The molecule has 0 spiro atoms. The third kappa shape index (κ3) is 4.96. The lowest BCUT2D eigenvalue weighted by atomic mass is 10.1. The maximum absolute atomic E-state index is 11.6. The van der Waals surface area contributed by atoms with Crippen LogP contribution in [0.25, 0.3) is 6.08 Å². The maximum atomic E-state index is 11.6. The highest BCUT2D eigenvalue weighted by Gasteiger charge is 1.94. The molecule has 0 fully saturated rings. The Kier molecular flexibility index (Phi) is 5.37. The van der Waals surface area contributed by atoms with Gasteiger partial charge in [-0.15, -0.1) is 0 Å². The Morgan fingerprint density at radius 3 is 2.30 bits per heavy atom. The molecule has 1 nitrogen and oxygen atoms in total. The van der Waals surface area contributed by atoms with Crippen LogP contribution >= 0.6 is 0 Å². The average molecular weight is 260 g/mol. The summed E-state index contributed by atoms with van der Waals surface area (Å²) in [6.45, 7) is 0. The summed E-state index contributed by atoms with van der Waals surface area (Å²) in [4.78, 5) is 11.6. The highest BCUT2D eigenvalue weighted by Crippen LogP contribution is 2.03. The molecule has 0 aliphatic heterocycles.